The molecule has 0 amide bonds. The zero-order valence-electron chi connectivity index (χ0n) is 15.4. The summed E-state index contributed by atoms with van der Waals surface area (Å²) in [6.07, 6.45) is 12.8. The maximum Gasteiger partial charge on any atom is 0.303 e. The highest BCUT2D eigenvalue weighted by Crippen LogP contribution is 2.16. The van der Waals surface area contributed by atoms with E-state index in [1.54, 1.807) is 0 Å². The lowest BCUT2D eigenvalue weighted by atomic mass is 10.0. The van der Waals surface area contributed by atoms with Crippen LogP contribution in [0.4, 0.5) is 0 Å². The molecule has 0 saturated heterocycles. The molecule has 0 aliphatic rings. The molecule has 0 aromatic rings. The van der Waals surface area contributed by atoms with Gasteiger partial charge in [-0.05, 0) is 19.3 Å². The quantitative estimate of drug-likeness (QED) is 0.328. The van der Waals surface area contributed by atoms with Crippen LogP contribution in [0.25, 0.3) is 0 Å². The van der Waals surface area contributed by atoms with Crippen molar-refractivity contribution in [2.45, 2.75) is 103 Å². The lowest BCUT2D eigenvalue weighted by molar-refractivity contribution is -0.137. The first kappa shape index (κ1) is 23.4. The maximum atomic E-state index is 10.4. The van der Waals surface area contributed by atoms with E-state index in [1.165, 1.54) is 19.3 Å². The summed E-state index contributed by atoms with van der Waals surface area (Å²) in [4.78, 5) is 10.4. The van der Waals surface area contributed by atoms with E-state index < -0.39 is 12.1 Å². The Balaban J connectivity index is 3.75. The predicted molar refractivity (Wildman–Crippen MR) is 96.2 cm³/mol. The number of ether oxygens (including phenoxy) is 1. The molecule has 0 spiro atoms. The fourth-order valence-electron chi connectivity index (χ4n) is 2.76. The van der Waals surface area contributed by atoms with Gasteiger partial charge in [-0.3, -0.25) is 4.79 Å². The monoisotopic (exact) mass is 346 g/mol. The number of aliphatic carboxylic acids is 1. The van der Waals surface area contributed by atoms with E-state index in [1.807, 2.05) is 0 Å². The van der Waals surface area contributed by atoms with Crippen molar-refractivity contribution in [2.75, 3.05) is 13.2 Å². The van der Waals surface area contributed by atoms with Crippen molar-refractivity contribution < 1.29 is 24.9 Å². The molecular weight excluding hydrogens is 308 g/mol. The summed E-state index contributed by atoms with van der Waals surface area (Å²) in [5.41, 5.74) is 0. The Morgan fingerprint density at radius 1 is 0.917 bits per heavy atom. The molecule has 0 saturated carbocycles. The molecule has 0 fully saturated rings. The number of unbranched alkanes of at least 4 members (excludes halogenated alkanes) is 8. The minimum atomic E-state index is -0.780. The highest BCUT2D eigenvalue weighted by Gasteiger charge is 2.11. The Morgan fingerprint density at radius 2 is 1.46 bits per heavy atom. The predicted octanol–water partition coefficient (Wildman–Crippen LogP) is 3.90. The molecule has 0 aliphatic carbocycles. The molecule has 0 aliphatic heterocycles. The molecule has 0 radical (unpaired) electrons. The Morgan fingerprint density at radius 3 is 2.00 bits per heavy atom. The fraction of sp³-hybridized carbons (Fsp3) is 0.947. The molecule has 2 unspecified atom stereocenters. The van der Waals surface area contributed by atoms with Crippen LogP contribution in [0, 0.1) is 0 Å². The average molecular weight is 347 g/mol. The van der Waals surface area contributed by atoms with Crippen LogP contribution in [-0.2, 0) is 9.53 Å². The molecule has 2 atom stereocenters. The first-order valence-corrected chi connectivity index (χ1v) is 9.72. The molecule has 0 rings (SSSR count). The Hall–Kier alpha value is -0.650. The van der Waals surface area contributed by atoms with Crippen molar-refractivity contribution in [1.82, 2.24) is 0 Å². The van der Waals surface area contributed by atoms with Crippen LogP contribution in [0.1, 0.15) is 90.4 Å². The standard InChI is InChI=1S/C19H38O5/c1-2-3-4-9-12-18(24-16-17(21)15-20)13-10-7-5-6-8-11-14-19(22)23/h17-18,20-21H,2-16H2,1H3,(H,22,23). The van der Waals surface area contributed by atoms with Crippen LogP contribution < -0.4 is 0 Å². The maximum absolute atomic E-state index is 10.4. The fourth-order valence-corrected chi connectivity index (χ4v) is 2.76. The van der Waals surface area contributed by atoms with Crippen molar-refractivity contribution in [3.8, 4) is 0 Å². The van der Waals surface area contributed by atoms with Crippen molar-refractivity contribution in [2.24, 2.45) is 0 Å². The SMILES string of the molecule is CCCCCCC(CCCCCCCCC(=O)O)OCC(O)CO. The molecule has 0 aromatic heterocycles. The molecule has 5 nitrogen and oxygen atoms in total. The van der Waals surface area contributed by atoms with Crippen LogP contribution in [0.2, 0.25) is 0 Å². The normalized spacial score (nSPS) is 13.8. The first-order valence-electron chi connectivity index (χ1n) is 9.72. The van der Waals surface area contributed by atoms with Gasteiger partial charge in [0, 0.05) is 6.42 Å². The van der Waals surface area contributed by atoms with E-state index in [0.717, 1.165) is 57.8 Å². The lowest BCUT2D eigenvalue weighted by Gasteiger charge is -2.19. The zero-order valence-corrected chi connectivity index (χ0v) is 15.4. The third-order valence-corrected chi connectivity index (χ3v) is 4.28. The van der Waals surface area contributed by atoms with Crippen molar-refractivity contribution in [1.29, 1.82) is 0 Å². The highest BCUT2D eigenvalue weighted by atomic mass is 16.5. The van der Waals surface area contributed by atoms with Crippen LogP contribution in [0.5, 0.6) is 0 Å². The molecule has 0 heterocycles. The summed E-state index contributed by atoms with van der Waals surface area (Å²) in [7, 11) is 0. The van der Waals surface area contributed by atoms with E-state index in [4.69, 9.17) is 14.9 Å². The van der Waals surface area contributed by atoms with Gasteiger partial charge in [-0.1, -0.05) is 64.7 Å². The highest BCUT2D eigenvalue weighted by molar-refractivity contribution is 5.66. The second-order valence-electron chi connectivity index (χ2n) is 6.69. The number of hydrogen-bond donors (Lipinski definition) is 3. The van der Waals surface area contributed by atoms with Crippen LogP contribution in [-0.4, -0.2) is 46.7 Å². The summed E-state index contributed by atoms with van der Waals surface area (Å²) in [5.74, 6) is -0.705. The van der Waals surface area contributed by atoms with Crippen molar-refractivity contribution in [3.05, 3.63) is 0 Å². The molecule has 0 aromatic carbocycles. The average Bonchev–Trinajstić information content (AvgIpc) is 2.57. The minimum absolute atomic E-state index is 0.176. The second-order valence-corrected chi connectivity index (χ2v) is 6.69. The van der Waals surface area contributed by atoms with E-state index in [0.29, 0.717) is 0 Å². The molecule has 24 heavy (non-hydrogen) atoms. The Bertz CT molecular complexity index is 283. The van der Waals surface area contributed by atoms with E-state index in [9.17, 15) is 9.90 Å². The largest absolute Gasteiger partial charge is 0.481 e. The van der Waals surface area contributed by atoms with Gasteiger partial charge in [-0.2, -0.15) is 0 Å². The molecule has 144 valence electrons. The summed E-state index contributed by atoms with van der Waals surface area (Å²) in [5, 5.41) is 26.9. The van der Waals surface area contributed by atoms with Crippen LogP contribution >= 0.6 is 0 Å². The van der Waals surface area contributed by atoms with E-state index in [-0.39, 0.29) is 25.7 Å². The summed E-state index contributed by atoms with van der Waals surface area (Å²) in [6, 6.07) is 0. The van der Waals surface area contributed by atoms with Gasteiger partial charge in [0.2, 0.25) is 0 Å². The van der Waals surface area contributed by atoms with Gasteiger partial charge in [0.1, 0.15) is 6.10 Å². The number of hydrogen-bond acceptors (Lipinski definition) is 4. The van der Waals surface area contributed by atoms with Gasteiger partial charge in [-0.15, -0.1) is 0 Å². The number of carbonyl (C=O) groups is 1. The second kappa shape index (κ2) is 17.2. The van der Waals surface area contributed by atoms with Gasteiger partial charge < -0.3 is 20.1 Å². The number of aliphatic hydroxyl groups excluding tert-OH is 2. The van der Waals surface area contributed by atoms with Gasteiger partial charge in [-0.25, -0.2) is 0 Å². The summed E-state index contributed by atoms with van der Waals surface area (Å²) < 4.78 is 5.77. The van der Waals surface area contributed by atoms with Crippen LogP contribution in [0.3, 0.4) is 0 Å². The van der Waals surface area contributed by atoms with Gasteiger partial charge in [0.15, 0.2) is 0 Å². The third kappa shape index (κ3) is 16.2. The minimum Gasteiger partial charge on any atom is -0.481 e. The van der Waals surface area contributed by atoms with Gasteiger partial charge in [0.25, 0.3) is 0 Å². The molecule has 5 heteroatoms. The first-order chi connectivity index (χ1) is 11.6. The lowest BCUT2D eigenvalue weighted by Crippen LogP contribution is -2.24. The molecular formula is C19H38O5. The molecule has 3 N–H and O–H groups in total. The number of aliphatic hydroxyl groups is 2. The van der Waals surface area contributed by atoms with Crippen molar-refractivity contribution in [3.63, 3.8) is 0 Å². The topological polar surface area (TPSA) is 87.0 Å². The van der Waals surface area contributed by atoms with Crippen molar-refractivity contribution >= 4 is 5.97 Å². The number of carboxylic acids is 1. The number of carboxylic acid groups (broad SMARTS) is 1. The van der Waals surface area contributed by atoms with Gasteiger partial charge >= 0.3 is 5.97 Å². The zero-order chi connectivity index (χ0) is 18.0. The third-order valence-electron chi connectivity index (χ3n) is 4.28. The summed E-state index contributed by atoms with van der Waals surface area (Å²) >= 11 is 0. The van der Waals surface area contributed by atoms with E-state index in [2.05, 4.69) is 6.92 Å². The molecule has 0 bridgehead atoms. The Labute approximate surface area is 147 Å². The van der Waals surface area contributed by atoms with Gasteiger partial charge in [0.05, 0.1) is 19.3 Å². The van der Waals surface area contributed by atoms with E-state index >= 15 is 0 Å². The smallest absolute Gasteiger partial charge is 0.303 e. The summed E-state index contributed by atoms with van der Waals surface area (Å²) in [6.45, 7) is 2.16. The van der Waals surface area contributed by atoms with Crippen LogP contribution in [0.15, 0.2) is 0 Å². The Kier molecular flexibility index (Phi) is 16.7. The number of rotatable bonds is 18.